The number of hydrogen-bond acceptors (Lipinski definition) is 3. The highest BCUT2D eigenvalue weighted by Crippen LogP contribution is 1.89. The highest BCUT2D eigenvalue weighted by Gasteiger charge is 2.16. The molecule has 1 atom stereocenters. The molecule has 5 heteroatoms. The fourth-order valence-electron chi connectivity index (χ4n) is 0.640. The molecule has 76 valence electrons. The molecule has 0 saturated heterocycles. The van der Waals surface area contributed by atoms with Gasteiger partial charge in [-0.3, -0.25) is 0 Å². The Bertz CT molecular complexity index is 192. The summed E-state index contributed by atoms with van der Waals surface area (Å²) in [6, 6.07) is -0.907. The van der Waals surface area contributed by atoms with Crippen molar-refractivity contribution in [1.82, 2.24) is 10.2 Å². The van der Waals surface area contributed by atoms with Gasteiger partial charge in [0.15, 0.2) is 0 Å². The van der Waals surface area contributed by atoms with E-state index < -0.39 is 12.0 Å². The number of urea groups is 1. The Labute approximate surface area is 78.0 Å². The number of nitrogens with one attached hydrogen (secondary N) is 1. The Morgan fingerprint density at radius 3 is 2.38 bits per heavy atom. The molecule has 0 heterocycles. The van der Waals surface area contributed by atoms with Crippen LogP contribution in [0.4, 0.5) is 4.79 Å². The molecule has 5 nitrogen and oxygen atoms in total. The van der Waals surface area contributed by atoms with Gasteiger partial charge in [0.05, 0.1) is 6.61 Å². The fraction of sp³-hybridized carbons (Fsp3) is 0.750. The number of carbonyl (C=O) groups is 2. The quantitative estimate of drug-likeness (QED) is 0.644. The lowest BCUT2D eigenvalue weighted by Crippen LogP contribution is -2.44. The van der Waals surface area contributed by atoms with Gasteiger partial charge in [0.25, 0.3) is 0 Å². The van der Waals surface area contributed by atoms with Crippen LogP contribution < -0.4 is 5.32 Å². The molecule has 0 aromatic rings. The van der Waals surface area contributed by atoms with Crippen molar-refractivity contribution in [2.24, 2.45) is 0 Å². The third kappa shape index (κ3) is 4.35. The average Bonchev–Trinajstić information content (AvgIpc) is 2.04. The zero-order valence-electron chi connectivity index (χ0n) is 8.46. The van der Waals surface area contributed by atoms with E-state index in [4.69, 9.17) is 4.74 Å². The molecule has 0 bridgehead atoms. The second kappa shape index (κ2) is 5.40. The number of carbonyl (C=O) groups excluding carboxylic acids is 2. The molecule has 0 aromatic carbocycles. The number of amides is 2. The standard InChI is InChI=1S/C8H16N2O3/c1-5-13-7(11)6(2)9-8(12)10(3)4/h6H,5H2,1-4H3,(H,9,12). The zero-order valence-corrected chi connectivity index (χ0v) is 8.46. The molecule has 13 heavy (non-hydrogen) atoms. The Morgan fingerprint density at radius 2 is 2.00 bits per heavy atom. The lowest BCUT2D eigenvalue weighted by molar-refractivity contribution is -0.144. The van der Waals surface area contributed by atoms with E-state index >= 15 is 0 Å². The van der Waals surface area contributed by atoms with Crippen molar-refractivity contribution in [2.75, 3.05) is 20.7 Å². The van der Waals surface area contributed by atoms with Crippen molar-refractivity contribution in [2.45, 2.75) is 19.9 Å². The van der Waals surface area contributed by atoms with Gasteiger partial charge in [-0.05, 0) is 13.8 Å². The average molecular weight is 188 g/mol. The van der Waals surface area contributed by atoms with Gasteiger partial charge < -0.3 is 15.0 Å². The lowest BCUT2D eigenvalue weighted by Gasteiger charge is -2.16. The highest BCUT2D eigenvalue weighted by molar-refractivity contribution is 5.82. The van der Waals surface area contributed by atoms with E-state index in [0.29, 0.717) is 6.61 Å². The molecule has 0 saturated carbocycles. The molecular formula is C8H16N2O3. The van der Waals surface area contributed by atoms with Crippen LogP contribution in [-0.2, 0) is 9.53 Å². The van der Waals surface area contributed by atoms with Crippen LogP contribution in [0, 0.1) is 0 Å². The van der Waals surface area contributed by atoms with Crippen molar-refractivity contribution < 1.29 is 14.3 Å². The van der Waals surface area contributed by atoms with E-state index in [1.807, 2.05) is 0 Å². The lowest BCUT2D eigenvalue weighted by atomic mass is 10.3. The van der Waals surface area contributed by atoms with Gasteiger partial charge in [0.1, 0.15) is 6.04 Å². The van der Waals surface area contributed by atoms with Crippen molar-refractivity contribution >= 4 is 12.0 Å². The summed E-state index contributed by atoms with van der Waals surface area (Å²) in [5.74, 6) is -0.419. The van der Waals surface area contributed by atoms with Gasteiger partial charge in [-0.1, -0.05) is 0 Å². The van der Waals surface area contributed by atoms with Gasteiger partial charge in [0, 0.05) is 14.1 Å². The van der Waals surface area contributed by atoms with Crippen molar-refractivity contribution in [3.05, 3.63) is 0 Å². The van der Waals surface area contributed by atoms with Gasteiger partial charge >= 0.3 is 12.0 Å². The third-order valence-electron chi connectivity index (χ3n) is 1.39. The van der Waals surface area contributed by atoms with E-state index in [1.54, 1.807) is 27.9 Å². The molecule has 0 fully saturated rings. The van der Waals surface area contributed by atoms with Crippen molar-refractivity contribution in [3.63, 3.8) is 0 Å². The molecule has 0 aliphatic heterocycles. The monoisotopic (exact) mass is 188 g/mol. The summed E-state index contributed by atoms with van der Waals surface area (Å²) in [6.45, 7) is 3.62. The van der Waals surface area contributed by atoms with E-state index in [-0.39, 0.29) is 6.03 Å². The smallest absolute Gasteiger partial charge is 0.328 e. The summed E-state index contributed by atoms with van der Waals surface area (Å²) in [5, 5.41) is 2.48. The molecule has 0 aliphatic rings. The number of nitrogens with zero attached hydrogens (tertiary/aromatic N) is 1. The molecule has 0 aliphatic carbocycles. The normalized spacial score (nSPS) is 11.7. The molecule has 2 amide bonds. The van der Waals surface area contributed by atoms with Crippen LogP contribution >= 0.6 is 0 Å². The maximum Gasteiger partial charge on any atom is 0.328 e. The second-order valence-corrected chi connectivity index (χ2v) is 2.82. The molecule has 1 unspecified atom stereocenters. The Balaban J connectivity index is 3.92. The molecule has 0 aromatic heterocycles. The molecule has 0 radical (unpaired) electrons. The predicted octanol–water partition coefficient (Wildman–Crippen LogP) is 0.209. The Kier molecular flexibility index (Phi) is 4.87. The number of esters is 1. The summed E-state index contributed by atoms with van der Waals surface area (Å²) < 4.78 is 4.71. The van der Waals surface area contributed by atoms with Crippen LogP contribution in [0.1, 0.15) is 13.8 Å². The first kappa shape index (κ1) is 11.7. The van der Waals surface area contributed by atoms with Gasteiger partial charge in [-0.25, -0.2) is 9.59 Å². The summed E-state index contributed by atoms with van der Waals surface area (Å²) >= 11 is 0. The third-order valence-corrected chi connectivity index (χ3v) is 1.39. The minimum Gasteiger partial charge on any atom is -0.464 e. The Hall–Kier alpha value is -1.26. The first-order chi connectivity index (χ1) is 5.99. The van der Waals surface area contributed by atoms with Crippen LogP contribution in [0.2, 0.25) is 0 Å². The highest BCUT2D eigenvalue weighted by atomic mass is 16.5. The molecular weight excluding hydrogens is 172 g/mol. The minimum absolute atomic E-state index is 0.305. The van der Waals surface area contributed by atoms with Gasteiger partial charge in [0.2, 0.25) is 0 Å². The van der Waals surface area contributed by atoms with E-state index in [1.165, 1.54) is 4.90 Å². The minimum atomic E-state index is -0.602. The van der Waals surface area contributed by atoms with Crippen LogP contribution in [0.25, 0.3) is 0 Å². The largest absolute Gasteiger partial charge is 0.464 e. The van der Waals surface area contributed by atoms with Gasteiger partial charge in [-0.2, -0.15) is 0 Å². The first-order valence-electron chi connectivity index (χ1n) is 4.13. The van der Waals surface area contributed by atoms with E-state index in [2.05, 4.69) is 5.32 Å². The number of ether oxygens (including phenoxy) is 1. The Morgan fingerprint density at radius 1 is 1.46 bits per heavy atom. The van der Waals surface area contributed by atoms with Crippen LogP contribution in [0.5, 0.6) is 0 Å². The maximum absolute atomic E-state index is 11.1. The van der Waals surface area contributed by atoms with Crippen LogP contribution in [-0.4, -0.2) is 43.6 Å². The molecule has 1 N–H and O–H groups in total. The topological polar surface area (TPSA) is 58.6 Å². The van der Waals surface area contributed by atoms with Crippen molar-refractivity contribution in [1.29, 1.82) is 0 Å². The molecule has 0 rings (SSSR count). The summed E-state index contributed by atoms with van der Waals surface area (Å²) in [5.41, 5.74) is 0. The maximum atomic E-state index is 11.1. The van der Waals surface area contributed by atoms with Crippen LogP contribution in [0.3, 0.4) is 0 Å². The summed E-state index contributed by atoms with van der Waals surface area (Å²) in [4.78, 5) is 23.5. The fourth-order valence-corrected chi connectivity index (χ4v) is 0.640. The van der Waals surface area contributed by atoms with E-state index in [0.717, 1.165) is 0 Å². The van der Waals surface area contributed by atoms with Crippen LogP contribution in [0.15, 0.2) is 0 Å². The summed E-state index contributed by atoms with van der Waals surface area (Å²) in [7, 11) is 3.21. The number of rotatable bonds is 3. The van der Waals surface area contributed by atoms with Gasteiger partial charge in [-0.15, -0.1) is 0 Å². The molecule has 0 spiro atoms. The summed E-state index contributed by atoms with van der Waals surface area (Å²) in [6.07, 6.45) is 0. The number of hydrogen-bond donors (Lipinski definition) is 1. The SMILES string of the molecule is CCOC(=O)C(C)NC(=O)N(C)C. The second-order valence-electron chi connectivity index (χ2n) is 2.82. The van der Waals surface area contributed by atoms with E-state index in [9.17, 15) is 9.59 Å². The van der Waals surface area contributed by atoms with Crippen molar-refractivity contribution in [3.8, 4) is 0 Å². The first-order valence-corrected chi connectivity index (χ1v) is 4.13. The zero-order chi connectivity index (χ0) is 10.4. The predicted molar refractivity (Wildman–Crippen MR) is 48.3 cm³/mol.